The molecule has 2 aromatic rings. The van der Waals surface area contributed by atoms with Gasteiger partial charge in [-0.2, -0.15) is 0 Å². The third kappa shape index (κ3) is 2.75. The molecule has 1 aromatic carbocycles. The first-order valence-corrected chi connectivity index (χ1v) is 10.8. The number of amides is 2. The van der Waals surface area contributed by atoms with Gasteiger partial charge in [0.2, 0.25) is 11.8 Å². The zero-order valence-electron chi connectivity index (χ0n) is 16.0. The Morgan fingerprint density at radius 3 is 2.69 bits per heavy atom. The fraction of sp³-hybridized carbons (Fsp3) is 0.455. The van der Waals surface area contributed by atoms with E-state index < -0.39 is 29.6 Å². The van der Waals surface area contributed by atoms with Gasteiger partial charge in [-0.25, -0.2) is 0 Å². The second-order valence-corrected chi connectivity index (χ2v) is 9.40. The number of carbonyl (C=O) groups is 2. The predicted molar refractivity (Wildman–Crippen MR) is 106 cm³/mol. The number of aliphatic hydroxyl groups is 1. The Morgan fingerprint density at radius 1 is 1.17 bits per heavy atom. The van der Waals surface area contributed by atoms with Crippen molar-refractivity contribution in [3.8, 4) is 5.75 Å². The molecule has 0 spiro atoms. The summed E-state index contributed by atoms with van der Waals surface area (Å²) in [7, 11) is 0. The van der Waals surface area contributed by atoms with Crippen LogP contribution in [-0.4, -0.2) is 32.7 Å². The number of imide groups is 1. The molecule has 5 rings (SSSR count). The third-order valence-electron chi connectivity index (χ3n) is 6.82. The average molecular weight is 413 g/mol. The van der Waals surface area contributed by atoms with Gasteiger partial charge in [0.1, 0.15) is 5.75 Å². The van der Waals surface area contributed by atoms with E-state index in [0.29, 0.717) is 18.4 Å². The number of likely N-dealkylation sites (tertiary alicyclic amines) is 1. The molecule has 0 radical (unpaired) electrons. The lowest BCUT2D eigenvalue weighted by Gasteiger charge is -2.43. The summed E-state index contributed by atoms with van der Waals surface area (Å²) in [6, 6.07) is 10.7. The zero-order valence-corrected chi connectivity index (χ0v) is 16.8. The first-order valence-electron chi connectivity index (χ1n) is 9.96. The topological polar surface area (TPSA) is 87.1 Å². The quantitative estimate of drug-likeness (QED) is 0.756. The van der Waals surface area contributed by atoms with Crippen molar-refractivity contribution in [3.63, 3.8) is 0 Å². The number of thiophene rings is 1. The number of para-hydroxylation sites is 1. The van der Waals surface area contributed by atoms with Crippen LogP contribution in [0, 0.1) is 23.7 Å². The molecule has 0 bridgehead atoms. The van der Waals surface area contributed by atoms with Crippen molar-refractivity contribution in [1.82, 2.24) is 4.90 Å². The molecule has 1 aromatic heterocycles. The number of phenolic OH excluding ortho intramolecular Hbond substituents is 1. The van der Waals surface area contributed by atoms with Crippen molar-refractivity contribution in [1.29, 1.82) is 0 Å². The Balaban J connectivity index is 1.47. The maximum atomic E-state index is 13.3. The molecule has 2 aliphatic heterocycles. The van der Waals surface area contributed by atoms with Crippen molar-refractivity contribution in [3.05, 3.63) is 52.2 Å². The number of ether oxygens (including phenoxy) is 1. The van der Waals surface area contributed by atoms with Crippen LogP contribution < -0.4 is 0 Å². The highest BCUT2D eigenvalue weighted by Gasteiger charge is 2.65. The number of hydrogen-bond acceptors (Lipinski definition) is 6. The van der Waals surface area contributed by atoms with Crippen molar-refractivity contribution in [2.24, 2.45) is 23.7 Å². The molecule has 29 heavy (non-hydrogen) atoms. The van der Waals surface area contributed by atoms with Gasteiger partial charge in [-0.3, -0.25) is 14.5 Å². The number of phenols is 1. The van der Waals surface area contributed by atoms with Crippen LogP contribution in [0.4, 0.5) is 0 Å². The molecule has 2 N–H and O–H groups in total. The van der Waals surface area contributed by atoms with Gasteiger partial charge in [0, 0.05) is 22.3 Å². The number of rotatable bonds is 3. The van der Waals surface area contributed by atoms with Crippen LogP contribution in [-0.2, 0) is 20.9 Å². The van der Waals surface area contributed by atoms with Gasteiger partial charge in [-0.15, -0.1) is 11.3 Å². The van der Waals surface area contributed by atoms with E-state index in [9.17, 15) is 19.8 Å². The van der Waals surface area contributed by atoms with Crippen molar-refractivity contribution in [2.45, 2.75) is 38.2 Å². The Hall–Kier alpha value is -2.22. The molecule has 6 atom stereocenters. The van der Waals surface area contributed by atoms with Crippen molar-refractivity contribution >= 4 is 23.2 Å². The van der Waals surface area contributed by atoms with E-state index in [1.54, 1.807) is 18.2 Å². The predicted octanol–water partition coefficient (Wildman–Crippen LogP) is 3.06. The van der Waals surface area contributed by atoms with E-state index in [4.69, 9.17) is 4.74 Å². The summed E-state index contributed by atoms with van der Waals surface area (Å²) in [4.78, 5) is 28.7. The molecule has 2 amide bonds. The summed E-state index contributed by atoms with van der Waals surface area (Å²) >= 11 is 1.52. The minimum Gasteiger partial charge on any atom is -0.508 e. The summed E-state index contributed by atoms with van der Waals surface area (Å²) in [5.41, 5.74) is 0.603. The molecular formula is C22H23NO5S. The molecule has 3 fully saturated rings. The number of carbonyl (C=O) groups excluding carboxylic acids is 2. The van der Waals surface area contributed by atoms with Gasteiger partial charge in [0.25, 0.3) is 0 Å². The van der Waals surface area contributed by atoms with Gasteiger partial charge < -0.3 is 14.9 Å². The molecule has 0 unspecified atom stereocenters. The second-order valence-electron chi connectivity index (χ2n) is 8.37. The minimum atomic E-state index is -1.48. The lowest BCUT2D eigenvalue weighted by molar-refractivity contribution is -0.265. The Labute approximate surface area is 172 Å². The Morgan fingerprint density at radius 2 is 1.97 bits per heavy atom. The lowest BCUT2D eigenvalue weighted by Crippen LogP contribution is -2.52. The molecule has 1 aliphatic carbocycles. The lowest BCUT2D eigenvalue weighted by atomic mass is 9.65. The van der Waals surface area contributed by atoms with E-state index in [-0.39, 0.29) is 30.0 Å². The third-order valence-corrected chi connectivity index (χ3v) is 7.68. The van der Waals surface area contributed by atoms with Crippen molar-refractivity contribution in [2.75, 3.05) is 0 Å². The van der Waals surface area contributed by atoms with E-state index in [0.717, 1.165) is 4.88 Å². The van der Waals surface area contributed by atoms with Crippen LogP contribution in [0.25, 0.3) is 0 Å². The molecule has 7 heteroatoms. The molecule has 3 aliphatic rings. The molecular weight excluding hydrogens is 390 g/mol. The summed E-state index contributed by atoms with van der Waals surface area (Å²) in [6.07, 6.45) is 0.295. The van der Waals surface area contributed by atoms with Gasteiger partial charge in [-0.1, -0.05) is 31.2 Å². The first kappa shape index (κ1) is 18.8. The average Bonchev–Trinajstić information content (AvgIpc) is 3.38. The van der Waals surface area contributed by atoms with Crippen LogP contribution in [0.3, 0.4) is 0 Å². The standard InChI is InChI=1S/C22H23NO5S/c1-12-9-15-19(21(26)23(20(15)25)11-13-5-4-8-29-13)16-10-18(28-22(12,16)27)14-6-2-3-7-17(14)24/h2-8,12,15-16,18-19,24,27H,9-11H2,1H3/t12-,15-,16-,18-,19-,22+/m0/s1. The smallest absolute Gasteiger partial charge is 0.233 e. The summed E-state index contributed by atoms with van der Waals surface area (Å²) in [5.74, 6) is -3.51. The highest BCUT2D eigenvalue weighted by molar-refractivity contribution is 7.09. The molecule has 1 saturated carbocycles. The van der Waals surface area contributed by atoms with E-state index in [1.165, 1.54) is 16.2 Å². The summed E-state index contributed by atoms with van der Waals surface area (Å²) in [6.45, 7) is 2.15. The van der Waals surface area contributed by atoms with Crippen LogP contribution in [0.5, 0.6) is 5.75 Å². The molecule has 152 valence electrons. The maximum absolute atomic E-state index is 13.3. The van der Waals surface area contributed by atoms with E-state index in [2.05, 4.69) is 0 Å². The van der Waals surface area contributed by atoms with Crippen LogP contribution in [0.1, 0.15) is 36.3 Å². The van der Waals surface area contributed by atoms with Crippen LogP contribution in [0.2, 0.25) is 0 Å². The monoisotopic (exact) mass is 413 g/mol. The van der Waals surface area contributed by atoms with E-state index in [1.807, 2.05) is 30.5 Å². The Kier molecular flexibility index (Phi) is 4.31. The number of benzene rings is 1. The van der Waals surface area contributed by atoms with Crippen molar-refractivity contribution < 1.29 is 24.5 Å². The van der Waals surface area contributed by atoms with Crippen LogP contribution >= 0.6 is 11.3 Å². The summed E-state index contributed by atoms with van der Waals surface area (Å²) < 4.78 is 6.08. The second kappa shape index (κ2) is 6.65. The van der Waals surface area contributed by atoms with Crippen LogP contribution in [0.15, 0.2) is 41.8 Å². The molecule has 3 heterocycles. The van der Waals surface area contributed by atoms with Gasteiger partial charge >= 0.3 is 0 Å². The highest BCUT2D eigenvalue weighted by Crippen LogP contribution is 2.58. The van der Waals surface area contributed by atoms with Gasteiger partial charge in [0.05, 0.1) is 24.5 Å². The maximum Gasteiger partial charge on any atom is 0.233 e. The first-order chi connectivity index (χ1) is 13.9. The SMILES string of the molecule is C[C@H]1C[C@@H]2C(=O)N(Cc3cccs3)C(=O)[C@@H]2[C@@H]2C[C@@H](c3ccccc3O)O[C@]12O. The normalized spacial score (nSPS) is 36.3. The number of fused-ring (bicyclic) bond motifs is 3. The largest absolute Gasteiger partial charge is 0.508 e. The number of nitrogens with zero attached hydrogens (tertiary/aromatic N) is 1. The van der Waals surface area contributed by atoms with Gasteiger partial charge in [-0.05, 0) is 30.4 Å². The molecule has 6 nitrogen and oxygen atoms in total. The van der Waals surface area contributed by atoms with Gasteiger partial charge in [0.15, 0.2) is 5.79 Å². The summed E-state index contributed by atoms with van der Waals surface area (Å²) in [5, 5.41) is 23.6. The van der Waals surface area contributed by atoms with E-state index >= 15 is 0 Å². The number of aromatic hydroxyl groups is 1. The fourth-order valence-electron chi connectivity index (χ4n) is 5.38. The minimum absolute atomic E-state index is 0.108. The molecule has 2 saturated heterocycles. The fourth-order valence-corrected chi connectivity index (χ4v) is 6.07. The highest BCUT2D eigenvalue weighted by atomic mass is 32.1. The zero-order chi connectivity index (χ0) is 20.3. The number of hydrogen-bond donors (Lipinski definition) is 2. The Bertz CT molecular complexity index is 960.